The standard InChI is InChI=1S/C14H15N3O4S/c1-9-2-4-10(5-3-9)22(20,21)17-7-6-11-12(8-17)15-16-13(11)14(18)19/h2-5H,6-8H2,1H3,(H,15,16)(H,18,19). The van der Waals surface area contributed by atoms with Crippen LogP contribution in [0.1, 0.15) is 27.3 Å². The van der Waals surface area contributed by atoms with Gasteiger partial charge in [0, 0.05) is 12.1 Å². The number of carbonyl (C=O) groups is 1. The number of rotatable bonds is 3. The number of benzene rings is 1. The number of carboxylic acid groups (broad SMARTS) is 1. The maximum Gasteiger partial charge on any atom is 0.356 e. The Morgan fingerprint density at radius 2 is 2.00 bits per heavy atom. The van der Waals surface area contributed by atoms with Crippen LogP contribution in [0.2, 0.25) is 0 Å². The van der Waals surface area contributed by atoms with Crippen molar-refractivity contribution >= 4 is 16.0 Å². The van der Waals surface area contributed by atoms with Crippen molar-refractivity contribution in [3.8, 4) is 0 Å². The fourth-order valence-corrected chi connectivity index (χ4v) is 3.94. The predicted octanol–water partition coefficient (Wildman–Crippen LogP) is 1.16. The van der Waals surface area contributed by atoms with Crippen LogP contribution in [0.25, 0.3) is 0 Å². The van der Waals surface area contributed by atoms with E-state index in [0.29, 0.717) is 17.7 Å². The molecule has 8 heteroatoms. The second-order valence-corrected chi connectivity index (χ2v) is 7.17. The van der Waals surface area contributed by atoms with E-state index in [1.807, 2.05) is 6.92 Å². The summed E-state index contributed by atoms with van der Waals surface area (Å²) in [6, 6.07) is 6.66. The molecule has 0 bridgehead atoms. The van der Waals surface area contributed by atoms with Gasteiger partial charge in [-0.3, -0.25) is 5.10 Å². The van der Waals surface area contributed by atoms with Gasteiger partial charge in [0.1, 0.15) is 0 Å². The summed E-state index contributed by atoms with van der Waals surface area (Å²) in [5.74, 6) is -1.10. The molecule has 2 aromatic rings. The van der Waals surface area contributed by atoms with Crippen LogP contribution in [0, 0.1) is 6.92 Å². The molecule has 0 saturated carbocycles. The van der Waals surface area contributed by atoms with Crippen molar-refractivity contribution < 1.29 is 18.3 Å². The van der Waals surface area contributed by atoms with Gasteiger partial charge in [0.2, 0.25) is 10.0 Å². The number of hydrogen-bond acceptors (Lipinski definition) is 4. The number of fused-ring (bicyclic) bond motifs is 1. The van der Waals surface area contributed by atoms with Gasteiger partial charge in [-0.15, -0.1) is 0 Å². The quantitative estimate of drug-likeness (QED) is 0.883. The molecule has 0 unspecified atom stereocenters. The minimum Gasteiger partial charge on any atom is -0.476 e. The average Bonchev–Trinajstić information content (AvgIpc) is 2.90. The van der Waals surface area contributed by atoms with Crippen LogP contribution in [-0.4, -0.2) is 40.5 Å². The van der Waals surface area contributed by atoms with Crippen molar-refractivity contribution in [3.63, 3.8) is 0 Å². The Morgan fingerprint density at radius 1 is 1.32 bits per heavy atom. The molecule has 0 atom stereocenters. The van der Waals surface area contributed by atoms with Gasteiger partial charge >= 0.3 is 5.97 Å². The van der Waals surface area contributed by atoms with Crippen LogP contribution in [0.4, 0.5) is 0 Å². The number of H-pyrrole nitrogens is 1. The van der Waals surface area contributed by atoms with Crippen LogP contribution in [0.3, 0.4) is 0 Å². The van der Waals surface area contributed by atoms with Crippen molar-refractivity contribution in [1.82, 2.24) is 14.5 Å². The molecule has 2 N–H and O–H groups in total. The highest BCUT2D eigenvalue weighted by atomic mass is 32.2. The Hall–Kier alpha value is -2.19. The van der Waals surface area contributed by atoms with Gasteiger partial charge in [0.15, 0.2) is 5.69 Å². The fourth-order valence-electron chi connectivity index (χ4n) is 2.53. The van der Waals surface area contributed by atoms with E-state index in [1.165, 1.54) is 4.31 Å². The third kappa shape index (κ3) is 2.40. The Bertz CT molecular complexity index is 824. The lowest BCUT2D eigenvalue weighted by Gasteiger charge is -2.26. The monoisotopic (exact) mass is 321 g/mol. The van der Waals surface area contributed by atoms with E-state index in [2.05, 4.69) is 10.2 Å². The van der Waals surface area contributed by atoms with Crippen LogP contribution in [0.5, 0.6) is 0 Å². The molecular formula is C14H15N3O4S. The lowest BCUT2D eigenvalue weighted by Crippen LogP contribution is -2.36. The topological polar surface area (TPSA) is 103 Å². The van der Waals surface area contributed by atoms with E-state index in [-0.39, 0.29) is 23.7 Å². The first-order valence-electron chi connectivity index (χ1n) is 6.76. The number of sulfonamides is 1. The molecule has 0 radical (unpaired) electrons. The summed E-state index contributed by atoms with van der Waals surface area (Å²) in [5.41, 5.74) is 2.09. The predicted molar refractivity (Wildman–Crippen MR) is 78.0 cm³/mol. The molecular weight excluding hydrogens is 306 g/mol. The van der Waals surface area contributed by atoms with Crippen molar-refractivity contribution in [2.75, 3.05) is 6.54 Å². The van der Waals surface area contributed by atoms with Gasteiger partial charge in [0.05, 0.1) is 17.1 Å². The average molecular weight is 321 g/mol. The number of nitrogens with zero attached hydrogens (tertiary/aromatic N) is 2. The molecule has 22 heavy (non-hydrogen) atoms. The molecule has 0 saturated heterocycles. The first kappa shape index (κ1) is 14.7. The molecule has 1 aliphatic heterocycles. The lowest BCUT2D eigenvalue weighted by atomic mass is 10.1. The molecule has 7 nitrogen and oxygen atoms in total. The molecule has 1 aromatic carbocycles. The van der Waals surface area contributed by atoms with E-state index < -0.39 is 16.0 Å². The number of hydrogen-bond donors (Lipinski definition) is 2. The van der Waals surface area contributed by atoms with Crippen molar-refractivity contribution in [2.45, 2.75) is 24.8 Å². The smallest absolute Gasteiger partial charge is 0.356 e. The van der Waals surface area contributed by atoms with E-state index >= 15 is 0 Å². The van der Waals surface area contributed by atoms with Crippen molar-refractivity contribution in [1.29, 1.82) is 0 Å². The highest BCUT2D eigenvalue weighted by Gasteiger charge is 2.31. The molecule has 0 aliphatic carbocycles. The number of nitrogens with one attached hydrogen (secondary N) is 1. The van der Waals surface area contributed by atoms with E-state index in [9.17, 15) is 13.2 Å². The largest absolute Gasteiger partial charge is 0.476 e. The molecule has 3 rings (SSSR count). The minimum atomic E-state index is -3.59. The van der Waals surface area contributed by atoms with Crippen LogP contribution < -0.4 is 0 Å². The second kappa shape index (κ2) is 5.22. The van der Waals surface area contributed by atoms with E-state index in [4.69, 9.17) is 5.11 Å². The molecule has 0 amide bonds. The molecule has 0 spiro atoms. The van der Waals surface area contributed by atoms with Gasteiger partial charge in [-0.1, -0.05) is 17.7 Å². The number of aromatic carboxylic acids is 1. The zero-order chi connectivity index (χ0) is 15.9. The van der Waals surface area contributed by atoms with E-state index in [1.54, 1.807) is 24.3 Å². The zero-order valence-electron chi connectivity index (χ0n) is 11.9. The first-order valence-corrected chi connectivity index (χ1v) is 8.20. The lowest BCUT2D eigenvalue weighted by molar-refractivity contribution is 0.0689. The maximum atomic E-state index is 12.6. The first-order chi connectivity index (χ1) is 10.4. The van der Waals surface area contributed by atoms with Gasteiger partial charge in [-0.25, -0.2) is 13.2 Å². The number of aryl methyl sites for hydroxylation is 1. The Morgan fingerprint density at radius 3 is 2.64 bits per heavy atom. The van der Waals surface area contributed by atoms with Crippen LogP contribution in [0.15, 0.2) is 29.2 Å². The third-order valence-corrected chi connectivity index (χ3v) is 5.62. The Labute approximate surface area is 127 Å². The summed E-state index contributed by atoms with van der Waals surface area (Å²) in [4.78, 5) is 11.3. The molecule has 2 heterocycles. The highest BCUT2D eigenvalue weighted by Crippen LogP contribution is 2.25. The SMILES string of the molecule is Cc1ccc(S(=O)(=O)N2CCc3c(C(=O)O)n[nH]c3C2)cc1. The molecule has 0 fully saturated rings. The highest BCUT2D eigenvalue weighted by molar-refractivity contribution is 7.89. The van der Waals surface area contributed by atoms with Crippen molar-refractivity contribution in [2.24, 2.45) is 0 Å². The summed E-state index contributed by atoms with van der Waals surface area (Å²) in [6.07, 6.45) is 0.332. The van der Waals surface area contributed by atoms with Crippen LogP contribution >= 0.6 is 0 Å². The molecule has 116 valence electrons. The van der Waals surface area contributed by atoms with Crippen molar-refractivity contribution in [3.05, 3.63) is 46.8 Å². The Kier molecular flexibility index (Phi) is 3.50. The third-order valence-electron chi connectivity index (χ3n) is 3.76. The van der Waals surface area contributed by atoms with E-state index in [0.717, 1.165) is 5.56 Å². The maximum absolute atomic E-state index is 12.6. The summed E-state index contributed by atoms with van der Waals surface area (Å²) in [5, 5.41) is 15.4. The van der Waals surface area contributed by atoms with Gasteiger partial charge in [-0.2, -0.15) is 9.40 Å². The second-order valence-electron chi connectivity index (χ2n) is 5.24. The minimum absolute atomic E-state index is 0.0256. The zero-order valence-corrected chi connectivity index (χ0v) is 12.7. The number of aromatic amines is 1. The summed E-state index contributed by atoms with van der Waals surface area (Å²) in [7, 11) is -3.59. The van der Waals surface area contributed by atoms with Gasteiger partial charge < -0.3 is 5.11 Å². The number of carboxylic acids is 1. The normalized spacial score (nSPS) is 15.5. The molecule has 1 aliphatic rings. The Balaban J connectivity index is 1.91. The summed E-state index contributed by atoms with van der Waals surface area (Å²) < 4.78 is 26.6. The fraction of sp³-hybridized carbons (Fsp3) is 0.286. The molecule has 1 aromatic heterocycles. The van der Waals surface area contributed by atoms with Gasteiger partial charge in [-0.05, 0) is 25.5 Å². The van der Waals surface area contributed by atoms with Gasteiger partial charge in [0.25, 0.3) is 0 Å². The summed E-state index contributed by atoms with van der Waals surface area (Å²) >= 11 is 0. The van der Waals surface area contributed by atoms with Crippen LogP contribution in [-0.2, 0) is 23.0 Å². The summed E-state index contributed by atoms with van der Waals surface area (Å²) in [6.45, 7) is 2.23. The number of aromatic nitrogens is 2.